The third-order valence-electron chi connectivity index (χ3n) is 5.12. The smallest absolute Gasteiger partial charge is 0.207 e. The molecule has 0 N–H and O–H groups in total. The number of rotatable bonds is 11. The maximum atomic E-state index is 13.7. The summed E-state index contributed by atoms with van der Waals surface area (Å²) in [6.45, 7) is 6.91. The predicted molar refractivity (Wildman–Crippen MR) is 137 cm³/mol. The standard InChI is InChI=1S/C27H34O2P2/c1-4-5-19-31(28,29-21-23(2)3)22-24-13-12-18-27(20-24)30(25-14-8-6-9-15-25)26-16-10-7-11-17-26/h6-18,20,23H,4-5,19,21-22H2,1-3H3. The van der Waals surface area contributed by atoms with Gasteiger partial charge in [0.15, 0.2) is 0 Å². The number of hydrogen-bond acceptors (Lipinski definition) is 2. The van der Waals surface area contributed by atoms with Crippen LogP contribution >= 0.6 is 15.3 Å². The van der Waals surface area contributed by atoms with Gasteiger partial charge in [0.1, 0.15) is 0 Å². The van der Waals surface area contributed by atoms with Crippen LogP contribution in [0.1, 0.15) is 39.2 Å². The maximum Gasteiger partial charge on any atom is 0.207 e. The minimum absolute atomic E-state index is 0.380. The fourth-order valence-electron chi connectivity index (χ4n) is 3.55. The van der Waals surface area contributed by atoms with E-state index in [0.717, 1.165) is 18.4 Å². The van der Waals surface area contributed by atoms with Crippen molar-refractivity contribution >= 4 is 31.2 Å². The third kappa shape index (κ3) is 7.15. The lowest BCUT2D eigenvalue weighted by Gasteiger charge is -2.22. The van der Waals surface area contributed by atoms with Crippen LogP contribution in [0.5, 0.6) is 0 Å². The second kappa shape index (κ2) is 11.8. The molecule has 3 aromatic carbocycles. The first-order chi connectivity index (χ1) is 15.0. The van der Waals surface area contributed by atoms with Gasteiger partial charge in [-0.25, -0.2) is 0 Å². The Morgan fingerprint density at radius 3 is 1.97 bits per heavy atom. The Morgan fingerprint density at radius 2 is 1.42 bits per heavy atom. The number of benzene rings is 3. The Morgan fingerprint density at radius 1 is 0.839 bits per heavy atom. The van der Waals surface area contributed by atoms with Gasteiger partial charge in [0, 0.05) is 12.3 Å². The van der Waals surface area contributed by atoms with Crippen LogP contribution in [0.2, 0.25) is 0 Å². The van der Waals surface area contributed by atoms with E-state index >= 15 is 0 Å². The highest BCUT2D eigenvalue weighted by molar-refractivity contribution is 7.79. The van der Waals surface area contributed by atoms with E-state index in [1.807, 2.05) is 0 Å². The molecule has 0 radical (unpaired) electrons. The highest BCUT2D eigenvalue weighted by Crippen LogP contribution is 2.51. The normalized spacial score (nSPS) is 13.5. The van der Waals surface area contributed by atoms with Crippen LogP contribution in [0.4, 0.5) is 0 Å². The molecule has 0 aromatic heterocycles. The fraction of sp³-hybridized carbons (Fsp3) is 0.333. The third-order valence-corrected chi connectivity index (χ3v) is 10.0. The van der Waals surface area contributed by atoms with E-state index in [2.05, 4.69) is 106 Å². The molecule has 2 nitrogen and oxygen atoms in total. The van der Waals surface area contributed by atoms with Crippen molar-refractivity contribution in [1.82, 2.24) is 0 Å². The van der Waals surface area contributed by atoms with Gasteiger partial charge in [-0.15, -0.1) is 0 Å². The van der Waals surface area contributed by atoms with Gasteiger partial charge in [-0.05, 0) is 41.7 Å². The van der Waals surface area contributed by atoms with Gasteiger partial charge in [0.25, 0.3) is 0 Å². The molecule has 0 aliphatic carbocycles. The van der Waals surface area contributed by atoms with Crippen molar-refractivity contribution < 1.29 is 9.09 Å². The van der Waals surface area contributed by atoms with Crippen LogP contribution in [0, 0.1) is 5.92 Å². The van der Waals surface area contributed by atoms with Gasteiger partial charge in [-0.1, -0.05) is 112 Å². The van der Waals surface area contributed by atoms with Crippen LogP contribution in [0.15, 0.2) is 84.9 Å². The van der Waals surface area contributed by atoms with Crippen molar-refractivity contribution in [3.05, 3.63) is 90.5 Å². The van der Waals surface area contributed by atoms with Crippen molar-refractivity contribution in [3.8, 4) is 0 Å². The molecule has 0 saturated carbocycles. The average molecular weight is 453 g/mol. The lowest BCUT2D eigenvalue weighted by atomic mass is 10.2. The van der Waals surface area contributed by atoms with E-state index in [1.54, 1.807) is 0 Å². The van der Waals surface area contributed by atoms with Crippen LogP contribution < -0.4 is 15.9 Å². The summed E-state index contributed by atoms with van der Waals surface area (Å²) in [7, 11) is -3.36. The maximum absolute atomic E-state index is 13.7. The van der Waals surface area contributed by atoms with E-state index in [9.17, 15) is 4.57 Å². The lowest BCUT2D eigenvalue weighted by Crippen LogP contribution is -2.20. The molecular weight excluding hydrogens is 418 g/mol. The molecular formula is C27H34O2P2. The van der Waals surface area contributed by atoms with Gasteiger partial charge >= 0.3 is 0 Å². The van der Waals surface area contributed by atoms with Gasteiger partial charge in [0.2, 0.25) is 7.37 Å². The average Bonchev–Trinajstić information content (AvgIpc) is 2.78. The van der Waals surface area contributed by atoms with Crippen molar-refractivity contribution in [1.29, 1.82) is 0 Å². The summed E-state index contributed by atoms with van der Waals surface area (Å²) in [5, 5.41) is 3.94. The van der Waals surface area contributed by atoms with Gasteiger partial charge < -0.3 is 4.52 Å². The van der Waals surface area contributed by atoms with Crippen molar-refractivity contribution in [3.63, 3.8) is 0 Å². The molecule has 3 rings (SSSR count). The zero-order chi connectivity index (χ0) is 22.1. The van der Waals surface area contributed by atoms with Crippen molar-refractivity contribution in [2.24, 2.45) is 5.92 Å². The summed E-state index contributed by atoms with van der Waals surface area (Å²) < 4.78 is 19.7. The van der Waals surface area contributed by atoms with Crippen LogP contribution in [-0.4, -0.2) is 12.8 Å². The second-order valence-corrected chi connectivity index (χ2v) is 13.3. The first-order valence-corrected chi connectivity index (χ1v) is 14.6. The molecule has 0 saturated heterocycles. The van der Waals surface area contributed by atoms with Gasteiger partial charge in [0.05, 0.1) is 6.61 Å². The molecule has 0 aliphatic heterocycles. The van der Waals surface area contributed by atoms with Crippen LogP contribution in [0.25, 0.3) is 0 Å². The quantitative estimate of drug-likeness (QED) is 0.303. The van der Waals surface area contributed by atoms with E-state index in [0.29, 0.717) is 24.8 Å². The number of unbranched alkanes of at least 4 members (excludes halogenated alkanes) is 1. The molecule has 0 fully saturated rings. The summed E-state index contributed by atoms with van der Waals surface area (Å²) in [5.41, 5.74) is 1.11. The summed E-state index contributed by atoms with van der Waals surface area (Å²) in [5.74, 6) is 0.380. The van der Waals surface area contributed by atoms with E-state index < -0.39 is 15.3 Å². The van der Waals surface area contributed by atoms with E-state index in [4.69, 9.17) is 4.52 Å². The van der Waals surface area contributed by atoms with Gasteiger partial charge in [-0.2, -0.15) is 0 Å². The molecule has 0 bridgehead atoms. The van der Waals surface area contributed by atoms with Crippen molar-refractivity contribution in [2.75, 3.05) is 12.8 Å². The molecule has 0 amide bonds. The molecule has 3 aromatic rings. The Hall–Kier alpha value is -1.72. The topological polar surface area (TPSA) is 26.3 Å². The van der Waals surface area contributed by atoms with Crippen LogP contribution in [-0.2, 0) is 15.3 Å². The molecule has 0 aliphatic rings. The zero-order valence-electron chi connectivity index (χ0n) is 18.9. The Kier molecular flexibility index (Phi) is 9.09. The van der Waals surface area contributed by atoms with Crippen LogP contribution in [0.3, 0.4) is 0 Å². The number of hydrogen-bond donors (Lipinski definition) is 0. The Balaban J connectivity index is 1.93. The fourth-order valence-corrected chi connectivity index (χ4v) is 8.41. The SMILES string of the molecule is CCCCP(=O)(Cc1cccc(P(c2ccccc2)c2ccccc2)c1)OCC(C)C. The summed E-state index contributed by atoms with van der Waals surface area (Å²) in [6, 6.07) is 30.1. The zero-order valence-corrected chi connectivity index (χ0v) is 20.7. The lowest BCUT2D eigenvalue weighted by molar-refractivity contribution is 0.269. The molecule has 31 heavy (non-hydrogen) atoms. The van der Waals surface area contributed by atoms with E-state index in [-0.39, 0.29) is 0 Å². The highest BCUT2D eigenvalue weighted by Gasteiger charge is 2.24. The minimum Gasteiger partial charge on any atom is -0.328 e. The molecule has 0 heterocycles. The second-order valence-electron chi connectivity index (χ2n) is 8.42. The molecule has 1 unspecified atom stereocenters. The Labute approximate surface area is 189 Å². The first-order valence-electron chi connectivity index (χ1n) is 11.2. The summed E-state index contributed by atoms with van der Waals surface area (Å²) >= 11 is 0. The summed E-state index contributed by atoms with van der Waals surface area (Å²) in [4.78, 5) is 0. The van der Waals surface area contributed by atoms with Gasteiger partial charge in [-0.3, -0.25) is 4.57 Å². The monoisotopic (exact) mass is 452 g/mol. The minimum atomic E-state index is -2.70. The highest BCUT2D eigenvalue weighted by atomic mass is 31.2. The summed E-state index contributed by atoms with van der Waals surface area (Å²) in [6.07, 6.45) is 3.14. The first kappa shape index (κ1) is 23.9. The molecule has 164 valence electrons. The largest absolute Gasteiger partial charge is 0.328 e. The molecule has 1 atom stereocenters. The van der Waals surface area contributed by atoms with Crippen molar-refractivity contribution in [2.45, 2.75) is 39.8 Å². The predicted octanol–water partition coefficient (Wildman–Crippen LogP) is 6.70. The van der Waals surface area contributed by atoms with E-state index in [1.165, 1.54) is 15.9 Å². The molecule has 0 spiro atoms. The molecule has 4 heteroatoms. The Bertz CT molecular complexity index is 931.